The largest absolute Gasteiger partial charge is 0.465 e. The Labute approximate surface area is 56.0 Å². The molecular weight excluding hydrogens is 268 g/mol. The van der Waals surface area contributed by atoms with Gasteiger partial charge in [-0.15, -0.1) is 0 Å². The molecule has 7 heavy (non-hydrogen) atoms. The van der Waals surface area contributed by atoms with Gasteiger partial charge in [0.15, 0.2) is 0 Å². The average Bonchev–Trinajstić information content (AvgIpc) is 1.36. The van der Waals surface area contributed by atoms with Gasteiger partial charge in [-0.1, -0.05) is 0 Å². The molecule has 0 saturated carbocycles. The first-order valence-electron chi connectivity index (χ1n) is 1.55. The van der Waals surface area contributed by atoms with E-state index in [0.29, 0.717) is 0 Å². The van der Waals surface area contributed by atoms with E-state index >= 15 is 0 Å². The van der Waals surface area contributed by atoms with Crippen molar-refractivity contribution >= 4 is 6.09 Å². The number of amides is 1. The van der Waals surface area contributed by atoms with Crippen molar-refractivity contribution in [1.82, 2.24) is 4.90 Å². The van der Waals surface area contributed by atoms with E-state index < -0.39 is 6.09 Å². The fourth-order valence-corrected chi connectivity index (χ4v) is 0. The van der Waals surface area contributed by atoms with Crippen molar-refractivity contribution in [2.45, 2.75) is 0 Å². The van der Waals surface area contributed by atoms with Crippen LogP contribution < -0.4 is 0 Å². The van der Waals surface area contributed by atoms with Gasteiger partial charge in [-0.2, -0.15) is 0 Å². The van der Waals surface area contributed by atoms with Gasteiger partial charge in [0, 0.05) is 34.5 Å². The fourth-order valence-electron chi connectivity index (χ4n) is 0. The summed E-state index contributed by atoms with van der Waals surface area (Å²) in [4.78, 5) is 10.7. The second kappa shape index (κ2) is 4.10. The Balaban J connectivity index is 0. The molecule has 0 aliphatic heterocycles. The summed E-state index contributed by atoms with van der Waals surface area (Å²) in [5.41, 5.74) is 0. The molecule has 0 aromatic carbocycles. The average molecular weight is 275 g/mol. The van der Waals surface area contributed by atoms with E-state index in [1.54, 1.807) is 0 Å². The summed E-state index contributed by atoms with van der Waals surface area (Å²) in [5, 5.41) is 7.92. The smallest absolute Gasteiger partial charge is 0.406 e. The predicted octanol–water partition coefficient (Wildman–Crippen LogP) is 0.224. The summed E-state index contributed by atoms with van der Waals surface area (Å²) in [6, 6.07) is 0. The molecule has 3 nitrogen and oxygen atoms in total. The molecular formula is C3H7NO2Re. The van der Waals surface area contributed by atoms with E-state index in [2.05, 4.69) is 0 Å². The van der Waals surface area contributed by atoms with E-state index in [1.165, 1.54) is 14.1 Å². The van der Waals surface area contributed by atoms with Crippen LogP contribution >= 0.6 is 0 Å². The molecule has 1 N–H and O–H groups in total. The van der Waals surface area contributed by atoms with E-state index in [4.69, 9.17) is 5.11 Å². The van der Waals surface area contributed by atoms with Gasteiger partial charge in [-0.05, 0) is 0 Å². The van der Waals surface area contributed by atoms with Gasteiger partial charge in [-0.25, -0.2) is 4.79 Å². The van der Waals surface area contributed by atoms with Crippen LogP contribution in [-0.2, 0) is 20.4 Å². The first-order chi connectivity index (χ1) is 2.64. The molecule has 1 radical (unpaired) electrons. The summed E-state index contributed by atoms with van der Waals surface area (Å²) < 4.78 is 0. The van der Waals surface area contributed by atoms with Gasteiger partial charge in [0.1, 0.15) is 0 Å². The van der Waals surface area contributed by atoms with Gasteiger partial charge >= 0.3 is 6.09 Å². The molecule has 4 heteroatoms. The summed E-state index contributed by atoms with van der Waals surface area (Å²) in [7, 11) is 2.95. The Morgan fingerprint density at radius 3 is 1.71 bits per heavy atom. The van der Waals surface area contributed by atoms with Crippen molar-refractivity contribution in [3.05, 3.63) is 0 Å². The number of hydrogen-bond acceptors (Lipinski definition) is 1. The molecule has 0 bridgehead atoms. The van der Waals surface area contributed by atoms with Crippen LogP contribution in [0.3, 0.4) is 0 Å². The first kappa shape index (κ1) is 10.0. The normalized spacial score (nSPS) is 6.57. The van der Waals surface area contributed by atoms with Crippen molar-refractivity contribution in [2.75, 3.05) is 14.1 Å². The van der Waals surface area contributed by atoms with E-state index in [0.717, 1.165) is 4.90 Å². The van der Waals surface area contributed by atoms with Crippen LogP contribution in [0.4, 0.5) is 4.79 Å². The molecule has 0 rings (SSSR count). The Kier molecular flexibility index (Phi) is 5.87. The maximum Gasteiger partial charge on any atom is 0.406 e. The molecule has 0 aliphatic carbocycles. The third kappa shape index (κ3) is 5.93. The maximum atomic E-state index is 9.62. The Bertz CT molecular complexity index is 64.0. The van der Waals surface area contributed by atoms with Crippen molar-refractivity contribution in [1.29, 1.82) is 0 Å². The molecule has 1 amide bonds. The third-order valence-electron chi connectivity index (χ3n) is 0.383. The summed E-state index contributed by atoms with van der Waals surface area (Å²) in [6.45, 7) is 0. The van der Waals surface area contributed by atoms with E-state index in [-0.39, 0.29) is 20.4 Å². The number of nitrogens with zero attached hydrogens (tertiary/aromatic N) is 1. The summed E-state index contributed by atoms with van der Waals surface area (Å²) in [6.07, 6.45) is -0.907. The second-order valence-corrected chi connectivity index (χ2v) is 1.18. The minimum atomic E-state index is -0.907. The van der Waals surface area contributed by atoms with Crippen LogP contribution in [0.15, 0.2) is 0 Å². The molecule has 0 saturated heterocycles. The van der Waals surface area contributed by atoms with Gasteiger partial charge in [0.05, 0.1) is 0 Å². The number of carbonyl (C=O) groups is 1. The molecule has 0 heterocycles. The van der Waals surface area contributed by atoms with Crippen molar-refractivity contribution in [3.63, 3.8) is 0 Å². The van der Waals surface area contributed by atoms with Crippen molar-refractivity contribution < 1.29 is 30.3 Å². The van der Waals surface area contributed by atoms with Gasteiger partial charge in [-0.3, -0.25) is 0 Å². The maximum absolute atomic E-state index is 9.62. The minimum Gasteiger partial charge on any atom is -0.465 e. The van der Waals surface area contributed by atoms with Crippen LogP contribution in [0.2, 0.25) is 0 Å². The van der Waals surface area contributed by atoms with Crippen LogP contribution in [0.5, 0.6) is 0 Å². The molecule has 43 valence electrons. The fraction of sp³-hybridized carbons (Fsp3) is 0.667. The van der Waals surface area contributed by atoms with Crippen LogP contribution in [-0.4, -0.2) is 30.2 Å². The van der Waals surface area contributed by atoms with Crippen molar-refractivity contribution in [3.8, 4) is 0 Å². The quantitative estimate of drug-likeness (QED) is 0.687. The first-order valence-corrected chi connectivity index (χ1v) is 1.55. The van der Waals surface area contributed by atoms with Crippen LogP contribution in [0, 0.1) is 0 Å². The zero-order valence-corrected chi connectivity index (χ0v) is 6.90. The summed E-state index contributed by atoms with van der Waals surface area (Å²) in [5.74, 6) is 0. The monoisotopic (exact) mass is 276 g/mol. The van der Waals surface area contributed by atoms with Gasteiger partial charge in [0.25, 0.3) is 0 Å². The van der Waals surface area contributed by atoms with Crippen LogP contribution in [0.1, 0.15) is 0 Å². The third-order valence-corrected chi connectivity index (χ3v) is 0.383. The van der Waals surface area contributed by atoms with E-state index in [9.17, 15) is 4.79 Å². The zero-order valence-electron chi connectivity index (χ0n) is 4.18. The SMILES string of the molecule is CN(C)C(=O)O.[Re]. The molecule has 0 aromatic heterocycles. The Hall–Kier alpha value is -0.0677. The number of hydrogen-bond donors (Lipinski definition) is 1. The minimum absolute atomic E-state index is 0. The Morgan fingerprint density at radius 2 is 1.71 bits per heavy atom. The molecule has 0 aliphatic rings. The molecule has 0 fully saturated rings. The van der Waals surface area contributed by atoms with Crippen molar-refractivity contribution in [2.24, 2.45) is 0 Å². The topological polar surface area (TPSA) is 40.5 Å². The molecule has 0 aromatic rings. The standard InChI is InChI=1S/C3H7NO2.Re/c1-4(2)3(5)6;/h1-2H3,(H,5,6);. The number of rotatable bonds is 0. The van der Waals surface area contributed by atoms with Gasteiger partial charge < -0.3 is 10.0 Å². The molecule has 0 atom stereocenters. The molecule has 0 unspecified atom stereocenters. The summed E-state index contributed by atoms with van der Waals surface area (Å²) >= 11 is 0. The second-order valence-electron chi connectivity index (χ2n) is 1.18. The van der Waals surface area contributed by atoms with Gasteiger partial charge in [0.2, 0.25) is 0 Å². The van der Waals surface area contributed by atoms with Crippen LogP contribution in [0.25, 0.3) is 0 Å². The predicted molar refractivity (Wildman–Crippen MR) is 21.7 cm³/mol. The molecule has 0 spiro atoms. The number of carboxylic acid groups (broad SMARTS) is 1. The zero-order chi connectivity index (χ0) is 5.15. The Morgan fingerprint density at radius 1 is 1.57 bits per heavy atom. The van der Waals surface area contributed by atoms with E-state index in [1.807, 2.05) is 0 Å².